The number of amides is 1. The average molecular weight is 265 g/mol. The van der Waals surface area contributed by atoms with E-state index in [1.807, 2.05) is 17.9 Å². The van der Waals surface area contributed by atoms with Gasteiger partial charge in [-0.3, -0.25) is 4.79 Å². The first-order valence-corrected chi connectivity index (χ1v) is 6.85. The number of aryl methyl sites for hydroxylation is 1. The Bertz CT molecular complexity index is 455. The number of carbonyl (C=O) groups excluding carboxylic acids is 1. The van der Waals surface area contributed by atoms with Gasteiger partial charge in [-0.1, -0.05) is 5.16 Å². The summed E-state index contributed by atoms with van der Waals surface area (Å²) in [5, 5.41) is 3.97. The Kier molecular flexibility index (Phi) is 3.56. The van der Waals surface area contributed by atoms with Crippen LogP contribution in [-0.4, -0.2) is 40.1 Å². The van der Waals surface area contributed by atoms with Gasteiger partial charge in [0.05, 0.1) is 5.69 Å². The lowest BCUT2D eigenvalue weighted by atomic mass is 9.94. The maximum atomic E-state index is 11.8. The molecule has 0 aliphatic carbocycles. The third kappa shape index (κ3) is 2.22. The van der Waals surface area contributed by atoms with E-state index >= 15 is 0 Å². The molecular weight excluding hydrogens is 242 g/mol. The Labute approximate surface area is 114 Å². The number of hydrogen-bond acceptors (Lipinski definition) is 4. The van der Waals surface area contributed by atoms with Crippen LogP contribution < -0.4 is 4.90 Å². The lowest BCUT2D eigenvalue weighted by Crippen LogP contribution is -2.66. The van der Waals surface area contributed by atoms with E-state index in [2.05, 4.69) is 37.8 Å². The van der Waals surface area contributed by atoms with Crippen molar-refractivity contribution in [3.05, 3.63) is 11.8 Å². The predicted molar refractivity (Wildman–Crippen MR) is 74.1 cm³/mol. The van der Waals surface area contributed by atoms with Crippen LogP contribution in [0.15, 0.2) is 10.6 Å². The normalized spacial score (nSPS) is 31.7. The van der Waals surface area contributed by atoms with E-state index < -0.39 is 0 Å². The summed E-state index contributed by atoms with van der Waals surface area (Å²) in [6.45, 7) is 12.0. The van der Waals surface area contributed by atoms with Gasteiger partial charge in [0.2, 0.25) is 11.8 Å². The highest BCUT2D eigenvalue weighted by atomic mass is 16.5. The van der Waals surface area contributed by atoms with Gasteiger partial charge in [0.15, 0.2) is 0 Å². The van der Waals surface area contributed by atoms with Crippen LogP contribution >= 0.6 is 0 Å². The quantitative estimate of drug-likeness (QED) is 0.781. The van der Waals surface area contributed by atoms with Gasteiger partial charge >= 0.3 is 0 Å². The lowest BCUT2D eigenvalue weighted by Gasteiger charge is -2.52. The smallest absolute Gasteiger partial charge is 0.228 e. The van der Waals surface area contributed by atoms with E-state index in [1.54, 1.807) is 6.92 Å². The molecule has 0 saturated carbocycles. The standard InChI is InChI=1S/C14H23N3O2/c1-8-7-14(19-15-8)17-11(4)9(2)16(13(6)18)10(3)12(17)5/h7,9-12H,1-6H3. The van der Waals surface area contributed by atoms with Crippen LogP contribution in [-0.2, 0) is 4.79 Å². The molecule has 0 N–H and O–H groups in total. The summed E-state index contributed by atoms with van der Waals surface area (Å²) in [4.78, 5) is 16.0. The number of piperazine rings is 1. The number of aromatic nitrogens is 1. The summed E-state index contributed by atoms with van der Waals surface area (Å²) in [6.07, 6.45) is 0. The molecule has 0 bridgehead atoms. The van der Waals surface area contributed by atoms with Crippen molar-refractivity contribution in [2.75, 3.05) is 4.90 Å². The van der Waals surface area contributed by atoms with Crippen molar-refractivity contribution < 1.29 is 9.32 Å². The molecule has 1 saturated heterocycles. The van der Waals surface area contributed by atoms with Crippen LogP contribution in [0.3, 0.4) is 0 Å². The number of nitrogens with zero attached hydrogens (tertiary/aromatic N) is 3. The molecule has 5 nitrogen and oxygen atoms in total. The van der Waals surface area contributed by atoms with Crippen molar-refractivity contribution in [2.24, 2.45) is 0 Å². The monoisotopic (exact) mass is 265 g/mol. The third-order valence-corrected chi connectivity index (χ3v) is 4.38. The molecule has 4 atom stereocenters. The Balaban J connectivity index is 2.34. The van der Waals surface area contributed by atoms with Gasteiger partial charge in [-0.2, -0.15) is 0 Å². The van der Waals surface area contributed by atoms with Crippen molar-refractivity contribution in [2.45, 2.75) is 65.7 Å². The second kappa shape index (κ2) is 4.87. The van der Waals surface area contributed by atoms with Crippen molar-refractivity contribution in [3.63, 3.8) is 0 Å². The molecule has 2 heterocycles. The second-order valence-electron chi connectivity index (χ2n) is 5.60. The molecule has 2 rings (SSSR count). The summed E-state index contributed by atoms with van der Waals surface area (Å²) in [5.74, 6) is 0.923. The fourth-order valence-electron chi connectivity index (χ4n) is 3.12. The zero-order valence-corrected chi connectivity index (χ0v) is 12.5. The van der Waals surface area contributed by atoms with Gasteiger partial charge in [-0.05, 0) is 34.6 Å². The minimum Gasteiger partial charge on any atom is -0.338 e. The van der Waals surface area contributed by atoms with Crippen LogP contribution in [0.4, 0.5) is 5.88 Å². The molecule has 1 aliphatic rings. The van der Waals surface area contributed by atoms with Crippen molar-refractivity contribution in [3.8, 4) is 0 Å². The molecule has 1 fully saturated rings. The Morgan fingerprint density at radius 2 is 1.68 bits per heavy atom. The second-order valence-corrected chi connectivity index (χ2v) is 5.60. The predicted octanol–water partition coefficient (Wildman–Crippen LogP) is 2.21. The highest BCUT2D eigenvalue weighted by Crippen LogP contribution is 2.31. The zero-order chi connectivity index (χ0) is 14.3. The van der Waals surface area contributed by atoms with E-state index in [1.165, 1.54) is 0 Å². The van der Waals surface area contributed by atoms with Gasteiger partial charge in [0.1, 0.15) is 0 Å². The summed E-state index contributed by atoms with van der Waals surface area (Å²) in [7, 11) is 0. The minimum absolute atomic E-state index is 0.132. The van der Waals surface area contributed by atoms with E-state index in [4.69, 9.17) is 4.52 Å². The molecular formula is C14H23N3O2. The fraction of sp³-hybridized carbons (Fsp3) is 0.714. The van der Waals surface area contributed by atoms with Gasteiger partial charge in [-0.15, -0.1) is 0 Å². The van der Waals surface area contributed by atoms with E-state index in [9.17, 15) is 4.79 Å². The van der Waals surface area contributed by atoms with Gasteiger partial charge in [0, 0.05) is 37.2 Å². The van der Waals surface area contributed by atoms with Crippen LogP contribution in [0.25, 0.3) is 0 Å². The van der Waals surface area contributed by atoms with E-state index in [-0.39, 0.29) is 30.1 Å². The molecule has 5 heteroatoms. The van der Waals surface area contributed by atoms with E-state index in [0.717, 1.165) is 11.6 Å². The number of rotatable bonds is 1. The molecule has 0 aromatic carbocycles. The molecule has 1 aromatic heterocycles. The Morgan fingerprint density at radius 3 is 2.05 bits per heavy atom. The summed E-state index contributed by atoms with van der Waals surface area (Å²) >= 11 is 0. The SMILES string of the molecule is CC(=O)N1C(C)C(C)N(c2cc(C)no2)C(C)C1C. The Hall–Kier alpha value is -1.52. The first-order chi connectivity index (χ1) is 8.84. The average Bonchev–Trinajstić information content (AvgIpc) is 2.73. The van der Waals surface area contributed by atoms with Crippen molar-refractivity contribution in [1.82, 2.24) is 10.1 Å². The summed E-state index contributed by atoms with van der Waals surface area (Å²) in [5.41, 5.74) is 0.878. The highest BCUT2D eigenvalue weighted by Gasteiger charge is 2.42. The molecule has 1 aliphatic heterocycles. The topological polar surface area (TPSA) is 49.6 Å². The van der Waals surface area contributed by atoms with Crippen LogP contribution in [0.1, 0.15) is 40.3 Å². The first-order valence-electron chi connectivity index (χ1n) is 6.85. The molecule has 106 valence electrons. The maximum absolute atomic E-state index is 11.8. The lowest BCUT2D eigenvalue weighted by molar-refractivity contribution is -0.135. The third-order valence-electron chi connectivity index (χ3n) is 4.38. The number of hydrogen-bond donors (Lipinski definition) is 0. The van der Waals surface area contributed by atoms with E-state index in [0.29, 0.717) is 0 Å². The largest absolute Gasteiger partial charge is 0.338 e. The van der Waals surface area contributed by atoms with Gasteiger partial charge in [-0.25, -0.2) is 0 Å². The highest BCUT2D eigenvalue weighted by molar-refractivity contribution is 5.74. The fourth-order valence-corrected chi connectivity index (χ4v) is 3.12. The number of carbonyl (C=O) groups is 1. The first kappa shape index (κ1) is 13.9. The summed E-state index contributed by atoms with van der Waals surface area (Å²) in [6, 6.07) is 2.64. The molecule has 1 amide bonds. The van der Waals surface area contributed by atoms with Gasteiger partial charge in [0.25, 0.3) is 0 Å². The van der Waals surface area contributed by atoms with Crippen molar-refractivity contribution in [1.29, 1.82) is 0 Å². The minimum atomic E-state index is 0.132. The molecule has 19 heavy (non-hydrogen) atoms. The van der Waals surface area contributed by atoms with Crippen molar-refractivity contribution >= 4 is 11.8 Å². The molecule has 0 spiro atoms. The number of anilines is 1. The van der Waals surface area contributed by atoms with Crippen LogP contribution in [0.2, 0.25) is 0 Å². The molecule has 4 unspecified atom stereocenters. The van der Waals surface area contributed by atoms with Crippen LogP contribution in [0.5, 0.6) is 0 Å². The Morgan fingerprint density at radius 1 is 1.16 bits per heavy atom. The van der Waals surface area contributed by atoms with Crippen LogP contribution in [0, 0.1) is 6.92 Å². The maximum Gasteiger partial charge on any atom is 0.228 e. The summed E-state index contributed by atoms with van der Waals surface area (Å²) < 4.78 is 5.41. The molecule has 0 radical (unpaired) electrons. The van der Waals surface area contributed by atoms with Gasteiger partial charge < -0.3 is 14.3 Å². The molecule has 1 aromatic rings. The zero-order valence-electron chi connectivity index (χ0n) is 12.5.